The summed E-state index contributed by atoms with van der Waals surface area (Å²) in [6.45, 7) is 5.69. The maximum Gasteiger partial charge on any atom is 0.254 e. The Bertz CT molecular complexity index is 728. The lowest BCUT2D eigenvalue weighted by Crippen LogP contribution is -2.42. The highest BCUT2D eigenvalue weighted by molar-refractivity contribution is 7.89. The number of hydrogen-bond donors (Lipinski definition) is 1. The molecule has 0 radical (unpaired) electrons. The van der Waals surface area contributed by atoms with Crippen LogP contribution in [0.3, 0.4) is 0 Å². The van der Waals surface area contributed by atoms with Crippen LogP contribution in [0.2, 0.25) is 0 Å². The van der Waals surface area contributed by atoms with Crippen molar-refractivity contribution >= 4 is 15.9 Å². The van der Waals surface area contributed by atoms with Crippen LogP contribution < -0.4 is 4.72 Å². The van der Waals surface area contributed by atoms with E-state index in [-0.39, 0.29) is 22.9 Å². The van der Waals surface area contributed by atoms with Crippen LogP contribution in [0.1, 0.15) is 63.2 Å². The van der Waals surface area contributed by atoms with Gasteiger partial charge in [0.1, 0.15) is 0 Å². The molecule has 3 rings (SSSR count). The van der Waals surface area contributed by atoms with E-state index in [0.29, 0.717) is 17.5 Å². The van der Waals surface area contributed by atoms with Gasteiger partial charge in [0.15, 0.2) is 0 Å². The predicted octanol–water partition coefficient (Wildman–Crippen LogP) is 3.17. The highest BCUT2D eigenvalue weighted by Crippen LogP contribution is 2.40. The maximum atomic E-state index is 13.0. The number of benzene rings is 1. The Morgan fingerprint density at radius 3 is 2.44 bits per heavy atom. The average molecular weight is 365 g/mol. The molecule has 5 nitrogen and oxygen atoms in total. The zero-order valence-electron chi connectivity index (χ0n) is 15.2. The van der Waals surface area contributed by atoms with Crippen LogP contribution in [-0.2, 0) is 10.0 Å². The summed E-state index contributed by atoms with van der Waals surface area (Å²) in [7, 11) is -3.53. The van der Waals surface area contributed by atoms with Gasteiger partial charge in [0, 0.05) is 23.7 Å². The molecule has 3 unspecified atom stereocenters. The van der Waals surface area contributed by atoms with E-state index in [1.165, 1.54) is 31.4 Å². The summed E-state index contributed by atoms with van der Waals surface area (Å²) in [4.78, 5) is 15.3. The van der Waals surface area contributed by atoms with E-state index < -0.39 is 10.0 Å². The number of amides is 1. The molecule has 1 aliphatic carbocycles. The van der Waals surface area contributed by atoms with Crippen molar-refractivity contribution in [3.8, 4) is 0 Å². The SMILES string of the molecule is CC(C)NS(=O)(=O)c1ccc(C(=O)N2C(C)CC3CCCCC32)cc1. The Labute approximate surface area is 150 Å². The lowest BCUT2D eigenvalue weighted by atomic mass is 9.85. The summed E-state index contributed by atoms with van der Waals surface area (Å²) < 4.78 is 27.0. The van der Waals surface area contributed by atoms with Crippen LogP contribution in [0.4, 0.5) is 0 Å². The van der Waals surface area contributed by atoms with E-state index in [9.17, 15) is 13.2 Å². The second-order valence-corrected chi connectivity index (χ2v) is 9.42. The van der Waals surface area contributed by atoms with E-state index in [0.717, 1.165) is 12.8 Å². The minimum atomic E-state index is -3.53. The quantitative estimate of drug-likeness (QED) is 0.892. The van der Waals surface area contributed by atoms with Crippen LogP contribution in [0.15, 0.2) is 29.2 Å². The number of nitrogens with one attached hydrogen (secondary N) is 1. The number of carbonyl (C=O) groups is 1. The molecule has 1 aromatic carbocycles. The Kier molecular flexibility index (Phi) is 5.21. The molecule has 6 heteroatoms. The number of likely N-dealkylation sites (tertiary alicyclic amines) is 1. The molecule has 0 bridgehead atoms. The molecule has 1 saturated carbocycles. The van der Waals surface area contributed by atoms with Crippen molar-refractivity contribution in [1.82, 2.24) is 9.62 Å². The fourth-order valence-corrected chi connectivity index (χ4v) is 5.61. The molecule has 138 valence electrons. The van der Waals surface area contributed by atoms with Gasteiger partial charge in [-0.2, -0.15) is 0 Å². The number of fused-ring (bicyclic) bond motifs is 1. The van der Waals surface area contributed by atoms with Gasteiger partial charge in [-0.3, -0.25) is 4.79 Å². The van der Waals surface area contributed by atoms with Crippen molar-refractivity contribution in [3.05, 3.63) is 29.8 Å². The largest absolute Gasteiger partial charge is 0.333 e. The molecular weight excluding hydrogens is 336 g/mol. The number of hydrogen-bond acceptors (Lipinski definition) is 3. The van der Waals surface area contributed by atoms with Crippen molar-refractivity contribution in [2.45, 2.75) is 75.9 Å². The number of nitrogens with zero attached hydrogens (tertiary/aromatic N) is 1. The van der Waals surface area contributed by atoms with Gasteiger partial charge >= 0.3 is 0 Å². The third-order valence-electron chi connectivity index (χ3n) is 5.38. The third kappa shape index (κ3) is 3.75. The molecular formula is C19H28N2O3S. The Morgan fingerprint density at radius 2 is 1.80 bits per heavy atom. The molecule has 0 aromatic heterocycles. The summed E-state index contributed by atoms with van der Waals surface area (Å²) in [5.41, 5.74) is 0.571. The molecule has 2 fully saturated rings. The zero-order chi connectivity index (χ0) is 18.2. The van der Waals surface area contributed by atoms with Crippen molar-refractivity contribution in [2.75, 3.05) is 0 Å². The smallest absolute Gasteiger partial charge is 0.254 e. The van der Waals surface area contributed by atoms with Crippen LogP contribution in [0.5, 0.6) is 0 Å². The van der Waals surface area contributed by atoms with Gasteiger partial charge in [-0.15, -0.1) is 0 Å². The van der Waals surface area contributed by atoms with Gasteiger partial charge in [-0.05, 0) is 70.2 Å². The Balaban J connectivity index is 1.79. The highest BCUT2D eigenvalue weighted by atomic mass is 32.2. The standard InChI is InChI=1S/C19H28N2O3S/c1-13(2)20-25(23,24)17-10-8-15(9-11-17)19(22)21-14(3)12-16-6-4-5-7-18(16)21/h8-11,13-14,16,18,20H,4-7,12H2,1-3H3. The summed E-state index contributed by atoms with van der Waals surface area (Å²) in [6.07, 6.45) is 5.85. The first kappa shape index (κ1) is 18.4. The van der Waals surface area contributed by atoms with E-state index in [1.54, 1.807) is 26.0 Å². The first-order chi connectivity index (χ1) is 11.8. The van der Waals surface area contributed by atoms with Gasteiger partial charge in [0.05, 0.1) is 4.90 Å². The fraction of sp³-hybridized carbons (Fsp3) is 0.632. The van der Waals surface area contributed by atoms with Crippen LogP contribution >= 0.6 is 0 Å². The van der Waals surface area contributed by atoms with Crippen molar-refractivity contribution in [3.63, 3.8) is 0 Å². The van der Waals surface area contributed by atoms with Crippen molar-refractivity contribution in [2.24, 2.45) is 5.92 Å². The minimum Gasteiger partial charge on any atom is -0.333 e. The van der Waals surface area contributed by atoms with Crippen LogP contribution in [-0.4, -0.2) is 37.4 Å². The normalized spacial score (nSPS) is 26.7. The van der Waals surface area contributed by atoms with Gasteiger partial charge < -0.3 is 4.90 Å². The summed E-state index contributed by atoms with van der Waals surface area (Å²) in [5, 5.41) is 0. The second-order valence-electron chi connectivity index (χ2n) is 7.71. The highest BCUT2D eigenvalue weighted by Gasteiger charge is 2.42. The molecule has 3 atom stereocenters. The van der Waals surface area contributed by atoms with Crippen LogP contribution in [0, 0.1) is 5.92 Å². The average Bonchev–Trinajstić information content (AvgIpc) is 2.89. The molecule has 2 aliphatic rings. The van der Waals surface area contributed by atoms with Crippen molar-refractivity contribution in [1.29, 1.82) is 0 Å². The third-order valence-corrected chi connectivity index (χ3v) is 7.06. The van der Waals surface area contributed by atoms with E-state index in [4.69, 9.17) is 0 Å². The molecule has 0 spiro atoms. The number of rotatable bonds is 4. The number of carbonyl (C=O) groups excluding carboxylic acids is 1. The molecule has 25 heavy (non-hydrogen) atoms. The van der Waals surface area contributed by atoms with Crippen molar-refractivity contribution < 1.29 is 13.2 Å². The maximum absolute atomic E-state index is 13.0. The van der Waals surface area contributed by atoms with Crippen LogP contribution in [0.25, 0.3) is 0 Å². The molecule has 1 aliphatic heterocycles. The molecule has 1 aromatic rings. The second kappa shape index (κ2) is 7.08. The van der Waals surface area contributed by atoms with Gasteiger partial charge in [0.25, 0.3) is 5.91 Å². The monoisotopic (exact) mass is 364 g/mol. The summed E-state index contributed by atoms with van der Waals surface area (Å²) >= 11 is 0. The molecule has 1 saturated heterocycles. The molecule has 1 N–H and O–H groups in total. The first-order valence-corrected chi connectivity index (χ1v) is 10.7. The Hall–Kier alpha value is -1.40. The zero-order valence-corrected chi connectivity index (χ0v) is 16.1. The van der Waals surface area contributed by atoms with E-state index >= 15 is 0 Å². The topological polar surface area (TPSA) is 66.5 Å². The summed E-state index contributed by atoms with van der Waals surface area (Å²) in [6, 6.07) is 6.77. The molecule has 1 heterocycles. The Morgan fingerprint density at radius 1 is 1.16 bits per heavy atom. The fourth-order valence-electron chi connectivity index (χ4n) is 4.36. The molecule has 1 amide bonds. The van der Waals surface area contributed by atoms with Gasteiger partial charge in [-0.25, -0.2) is 13.1 Å². The summed E-state index contributed by atoms with van der Waals surface area (Å²) in [5.74, 6) is 0.658. The first-order valence-electron chi connectivity index (χ1n) is 9.24. The van der Waals surface area contributed by atoms with E-state index in [2.05, 4.69) is 11.6 Å². The minimum absolute atomic E-state index is 0.0302. The number of sulfonamides is 1. The van der Waals surface area contributed by atoms with Gasteiger partial charge in [0.2, 0.25) is 10.0 Å². The lowest BCUT2D eigenvalue weighted by molar-refractivity contribution is 0.0633. The predicted molar refractivity (Wildman–Crippen MR) is 97.9 cm³/mol. The lowest BCUT2D eigenvalue weighted by Gasteiger charge is -2.33. The van der Waals surface area contributed by atoms with E-state index in [1.807, 2.05) is 4.90 Å². The van der Waals surface area contributed by atoms with Gasteiger partial charge in [-0.1, -0.05) is 12.8 Å².